The Hall–Kier alpha value is -3.36. The number of rotatable bonds is 7. The molecule has 9 heteroatoms. The van der Waals surface area contributed by atoms with Crippen molar-refractivity contribution in [3.05, 3.63) is 47.5 Å². The third-order valence-corrected chi connectivity index (χ3v) is 4.18. The fraction of sp³-hybridized carbons (Fsp3) is 0.429. The SMILES string of the molecule is CCOC(=O)OC/C=C/C(c1ccc(C(=O)OC)cc1)C1C(=O)OC(C)(C)OC1=O. The van der Waals surface area contributed by atoms with Crippen LogP contribution in [-0.2, 0) is 33.3 Å². The number of methoxy groups -OCH3 is 1. The first-order valence-electron chi connectivity index (χ1n) is 9.28. The van der Waals surface area contributed by atoms with Crippen molar-refractivity contribution >= 4 is 24.1 Å². The van der Waals surface area contributed by atoms with E-state index >= 15 is 0 Å². The van der Waals surface area contributed by atoms with E-state index in [9.17, 15) is 19.2 Å². The lowest BCUT2D eigenvalue weighted by Crippen LogP contribution is -2.48. The summed E-state index contributed by atoms with van der Waals surface area (Å²) >= 11 is 0. The highest BCUT2D eigenvalue weighted by Gasteiger charge is 2.46. The van der Waals surface area contributed by atoms with Gasteiger partial charge in [0.05, 0.1) is 19.3 Å². The molecule has 1 unspecified atom stereocenters. The first-order chi connectivity index (χ1) is 14.2. The molecule has 1 aliphatic heterocycles. The molecule has 30 heavy (non-hydrogen) atoms. The molecule has 0 N–H and O–H groups in total. The maximum absolute atomic E-state index is 12.5. The third-order valence-electron chi connectivity index (χ3n) is 4.18. The van der Waals surface area contributed by atoms with Crippen molar-refractivity contribution in [3.8, 4) is 0 Å². The number of hydrogen-bond acceptors (Lipinski definition) is 9. The highest BCUT2D eigenvalue weighted by molar-refractivity contribution is 5.98. The summed E-state index contributed by atoms with van der Waals surface area (Å²) in [6.07, 6.45) is 2.19. The van der Waals surface area contributed by atoms with Gasteiger partial charge in [-0.2, -0.15) is 0 Å². The van der Waals surface area contributed by atoms with E-state index < -0.39 is 41.7 Å². The van der Waals surface area contributed by atoms with Crippen molar-refractivity contribution in [1.82, 2.24) is 0 Å². The summed E-state index contributed by atoms with van der Waals surface area (Å²) in [7, 11) is 1.27. The molecule has 0 aromatic heterocycles. The summed E-state index contributed by atoms with van der Waals surface area (Å²) in [6.45, 7) is 4.61. The molecule has 1 aliphatic rings. The largest absolute Gasteiger partial charge is 0.508 e. The molecule has 0 bridgehead atoms. The fourth-order valence-corrected chi connectivity index (χ4v) is 2.87. The van der Waals surface area contributed by atoms with Crippen LogP contribution in [0.1, 0.15) is 42.6 Å². The van der Waals surface area contributed by atoms with Crippen LogP contribution in [0.25, 0.3) is 0 Å². The lowest BCUT2D eigenvalue weighted by molar-refractivity contribution is -0.240. The molecule has 1 atom stereocenters. The Morgan fingerprint density at radius 2 is 1.70 bits per heavy atom. The number of carbonyl (C=O) groups excluding carboxylic acids is 4. The quantitative estimate of drug-likeness (QED) is 0.284. The fourth-order valence-electron chi connectivity index (χ4n) is 2.87. The molecule has 1 saturated heterocycles. The van der Waals surface area contributed by atoms with Gasteiger partial charge in [-0.15, -0.1) is 0 Å². The zero-order chi connectivity index (χ0) is 22.3. The molecule has 1 aromatic rings. The second kappa shape index (κ2) is 9.91. The van der Waals surface area contributed by atoms with Gasteiger partial charge in [0, 0.05) is 19.8 Å². The standard InChI is InChI=1S/C21H24O9/c1-5-27-20(25)28-12-6-7-15(13-8-10-14(11-9-13)17(22)26-4)16-18(23)29-21(2,3)30-19(16)24/h6-11,15-16H,5,12H2,1-4H3/b7-6+. The van der Waals surface area contributed by atoms with Crippen LogP contribution in [0.5, 0.6) is 0 Å². The molecular weight excluding hydrogens is 396 g/mol. The highest BCUT2D eigenvalue weighted by Crippen LogP contribution is 2.34. The van der Waals surface area contributed by atoms with Crippen LogP contribution in [0.3, 0.4) is 0 Å². The molecule has 0 amide bonds. The van der Waals surface area contributed by atoms with Crippen LogP contribution in [-0.4, -0.2) is 50.2 Å². The summed E-state index contributed by atoms with van der Waals surface area (Å²) in [5.74, 6) is -5.40. The molecule has 9 nitrogen and oxygen atoms in total. The maximum Gasteiger partial charge on any atom is 0.508 e. The topological polar surface area (TPSA) is 114 Å². The molecule has 2 rings (SSSR count). The Bertz CT molecular complexity index is 803. The van der Waals surface area contributed by atoms with Crippen LogP contribution < -0.4 is 0 Å². The van der Waals surface area contributed by atoms with Crippen molar-refractivity contribution in [3.63, 3.8) is 0 Å². The highest BCUT2D eigenvalue weighted by atomic mass is 16.7. The lowest BCUT2D eigenvalue weighted by atomic mass is 9.84. The molecule has 0 aliphatic carbocycles. The minimum absolute atomic E-state index is 0.127. The van der Waals surface area contributed by atoms with Gasteiger partial charge in [-0.05, 0) is 24.6 Å². The minimum Gasteiger partial charge on any atom is -0.465 e. The lowest BCUT2D eigenvalue weighted by Gasteiger charge is -2.35. The van der Waals surface area contributed by atoms with E-state index in [1.54, 1.807) is 19.1 Å². The van der Waals surface area contributed by atoms with Crippen molar-refractivity contribution in [2.75, 3.05) is 20.3 Å². The number of ether oxygens (including phenoxy) is 5. The van der Waals surface area contributed by atoms with Gasteiger partial charge in [-0.25, -0.2) is 9.59 Å². The molecule has 1 heterocycles. The molecule has 1 aromatic carbocycles. The maximum atomic E-state index is 12.5. The van der Waals surface area contributed by atoms with Gasteiger partial charge in [0.2, 0.25) is 0 Å². The van der Waals surface area contributed by atoms with Gasteiger partial charge < -0.3 is 23.7 Å². The van der Waals surface area contributed by atoms with Crippen molar-refractivity contribution < 1.29 is 42.9 Å². The average Bonchev–Trinajstić information content (AvgIpc) is 2.68. The number of cyclic esters (lactones) is 2. The van der Waals surface area contributed by atoms with Crippen LogP contribution in [0.15, 0.2) is 36.4 Å². The van der Waals surface area contributed by atoms with Crippen LogP contribution in [0.4, 0.5) is 4.79 Å². The number of benzene rings is 1. The van der Waals surface area contributed by atoms with E-state index in [4.69, 9.17) is 14.2 Å². The van der Waals surface area contributed by atoms with E-state index in [-0.39, 0.29) is 13.2 Å². The number of hydrogen-bond donors (Lipinski definition) is 0. The summed E-state index contributed by atoms with van der Waals surface area (Å²) in [5, 5.41) is 0. The Balaban J connectivity index is 2.28. The molecule has 0 spiro atoms. The summed E-state index contributed by atoms with van der Waals surface area (Å²) in [4.78, 5) is 48.0. The van der Waals surface area contributed by atoms with E-state index in [2.05, 4.69) is 9.47 Å². The third kappa shape index (κ3) is 5.82. The van der Waals surface area contributed by atoms with Crippen molar-refractivity contribution in [2.45, 2.75) is 32.5 Å². The zero-order valence-electron chi connectivity index (χ0n) is 17.2. The number of allylic oxidation sites excluding steroid dienone is 1. The van der Waals surface area contributed by atoms with E-state index in [1.807, 2.05) is 0 Å². The second-order valence-electron chi connectivity index (χ2n) is 6.78. The number of esters is 3. The number of carbonyl (C=O) groups is 4. The van der Waals surface area contributed by atoms with Gasteiger partial charge in [-0.1, -0.05) is 24.3 Å². The normalized spacial score (nSPS) is 17.1. The van der Waals surface area contributed by atoms with Crippen molar-refractivity contribution in [2.24, 2.45) is 5.92 Å². The molecule has 162 valence electrons. The smallest absolute Gasteiger partial charge is 0.465 e. The summed E-state index contributed by atoms with van der Waals surface area (Å²) in [6, 6.07) is 6.21. The monoisotopic (exact) mass is 420 g/mol. The average molecular weight is 420 g/mol. The molecule has 0 radical (unpaired) electrons. The Morgan fingerprint density at radius 1 is 1.10 bits per heavy atom. The zero-order valence-corrected chi connectivity index (χ0v) is 17.2. The van der Waals surface area contributed by atoms with Gasteiger partial charge in [0.1, 0.15) is 6.61 Å². The minimum atomic E-state index is -1.36. The summed E-state index contributed by atoms with van der Waals surface area (Å²) in [5.41, 5.74) is 0.859. The van der Waals surface area contributed by atoms with E-state index in [0.717, 1.165) is 0 Å². The second-order valence-corrected chi connectivity index (χ2v) is 6.78. The molecule has 0 saturated carbocycles. The van der Waals surface area contributed by atoms with E-state index in [0.29, 0.717) is 11.1 Å². The molecular formula is C21H24O9. The molecule has 1 fully saturated rings. The summed E-state index contributed by atoms with van der Waals surface area (Å²) < 4.78 is 24.6. The van der Waals surface area contributed by atoms with Crippen LogP contribution >= 0.6 is 0 Å². The Morgan fingerprint density at radius 3 is 2.23 bits per heavy atom. The predicted molar refractivity (Wildman–Crippen MR) is 102 cm³/mol. The first kappa shape index (κ1) is 22.9. The Kier molecular flexibility index (Phi) is 7.57. The first-order valence-corrected chi connectivity index (χ1v) is 9.28. The van der Waals surface area contributed by atoms with Crippen molar-refractivity contribution in [1.29, 1.82) is 0 Å². The van der Waals surface area contributed by atoms with Crippen LogP contribution in [0, 0.1) is 5.92 Å². The van der Waals surface area contributed by atoms with Gasteiger partial charge in [0.15, 0.2) is 5.92 Å². The van der Waals surface area contributed by atoms with Gasteiger partial charge in [0.25, 0.3) is 5.79 Å². The van der Waals surface area contributed by atoms with Crippen LogP contribution in [0.2, 0.25) is 0 Å². The predicted octanol–water partition coefficient (Wildman–Crippen LogP) is 2.74. The van der Waals surface area contributed by atoms with E-state index in [1.165, 1.54) is 45.2 Å². The van der Waals surface area contributed by atoms with Gasteiger partial charge >= 0.3 is 24.1 Å². The van der Waals surface area contributed by atoms with Gasteiger partial charge in [-0.3, -0.25) is 9.59 Å². The Labute approximate surface area is 173 Å².